The standard InChI is InChI=1S/C29H24F5N3O5.C22H20F5N3O5/c1-15-7-8-23(42-29(33)34)22-13-36(15)28(40)24-26(41-14-16-5-3-2-4-6-16)25(38)19(12-37(22)24)27(39)35-11-18-20(31)9-17(30)10-21(18)32;1-9-2-3-16(35-22(26)27)15-8-29(9)21(34)17-19(32)18(31)12(7-30(15)17)20(33)28-6-11-13(24)4-10(23)5-14(11)25/h2-10,12,15,22-23,29H,11,13-14H2,1H3,(H,35,39);4-5,7,9,15-16,22,32H,2-3,6,8H2,1H3,(H,28,33)/t15-,22+,23-;9-,15+,16-/m00/s1. The zero-order valence-corrected chi connectivity index (χ0v) is 40.3. The van der Waals surface area contributed by atoms with Gasteiger partial charge in [-0.3, -0.25) is 28.8 Å². The maximum absolute atomic E-state index is 14.2. The fraction of sp³-hybridized carbons (Fsp3) is 0.333. The van der Waals surface area contributed by atoms with E-state index in [0.29, 0.717) is 36.2 Å². The molecule has 4 aliphatic heterocycles. The van der Waals surface area contributed by atoms with Crippen molar-refractivity contribution in [3.05, 3.63) is 174 Å². The Morgan fingerprint density at radius 2 is 1.17 bits per heavy atom. The van der Waals surface area contributed by atoms with Crippen molar-refractivity contribution in [2.24, 2.45) is 0 Å². The molecule has 0 unspecified atom stereocenters. The summed E-state index contributed by atoms with van der Waals surface area (Å²) in [6, 6.07) is 7.46. The number of alkyl halides is 4. The van der Waals surface area contributed by atoms with Crippen molar-refractivity contribution in [2.75, 3.05) is 13.1 Å². The van der Waals surface area contributed by atoms with Crippen LogP contribution in [-0.2, 0) is 29.2 Å². The summed E-state index contributed by atoms with van der Waals surface area (Å²) < 4.78 is 153. The molecule has 2 aromatic heterocycles. The highest BCUT2D eigenvalue weighted by atomic mass is 19.3. The lowest BCUT2D eigenvalue weighted by Gasteiger charge is -2.39. The first-order valence-electron chi connectivity index (χ1n) is 23.5. The largest absolute Gasteiger partial charge is 0.503 e. The molecular weight excluding hydrogens is 1050 g/mol. The molecule has 1 fully saturated rings. The summed E-state index contributed by atoms with van der Waals surface area (Å²) in [6.45, 7) is -4.77. The van der Waals surface area contributed by atoms with Crippen molar-refractivity contribution in [3.63, 3.8) is 0 Å². The van der Waals surface area contributed by atoms with Gasteiger partial charge in [0.25, 0.3) is 23.6 Å². The second kappa shape index (κ2) is 22.7. The fourth-order valence-corrected chi connectivity index (χ4v) is 9.48. The number of amides is 4. The number of carbonyl (C=O) groups is 4. The Balaban J connectivity index is 0.000000207. The molecule has 16 nitrogen and oxygen atoms in total. The molecule has 4 aliphatic rings. The van der Waals surface area contributed by atoms with Crippen LogP contribution in [0, 0.1) is 34.9 Å². The van der Waals surface area contributed by atoms with E-state index in [1.54, 1.807) is 44.2 Å². The summed E-state index contributed by atoms with van der Waals surface area (Å²) in [4.78, 5) is 81.6. The summed E-state index contributed by atoms with van der Waals surface area (Å²) in [6.07, 6.45) is 2.96. The van der Waals surface area contributed by atoms with Gasteiger partial charge in [-0.15, -0.1) is 0 Å². The van der Waals surface area contributed by atoms with Gasteiger partial charge in [0.2, 0.25) is 10.9 Å². The number of carbonyl (C=O) groups excluding carboxylic acids is 4. The number of aromatic nitrogens is 2. The van der Waals surface area contributed by atoms with Gasteiger partial charge in [0.15, 0.2) is 22.9 Å². The number of fused-ring (bicyclic) bond motifs is 8. The fourth-order valence-electron chi connectivity index (χ4n) is 9.48. The van der Waals surface area contributed by atoms with Gasteiger partial charge in [-0.2, -0.15) is 17.6 Å². The van der Waals surface area contributed by atoms with Crippen molar-refractivity contribution in [3.8, 4) is 11.5 Å². The number of pyridine rings is 2. The lowest BCUT2D eigenvalue weighted by molar-refractivity contribution is -0.175. The average Bonchev–Trinajstić information content (AvgIpc) is 3.79. The number of nitrogens with zero attached hydrogens (tertiary/aromatic N) is 4. The smallest absolute Gasteiger partial charge is 0.345 e. The van der Waals surface area contributed by atoms with Crippen LogP contribution in [0.25, 0.3) is 0 Å². The predicted molar refractivity (Wildman–Crippen MR) is 248 cm³/mol. The van der Waals surface area contributed by atoms with Crippen LogP contribution in [-0.4, -0.2) is 98.3 Å². The molecule has 0 spiro atoms. The van der Waals surface area contributed by atoms with E-state index in [0.717, 1.165) is 17.0 Å². The molecule has 26 heteroatoms. The molecule has 0 saturated carbocycles. The van der Waals surface area contributed by atoms with Crippen molar-refractivity contribution in [1.29, 1.82) is 0 Å². The Labute approximate surface area is 429 Å². The summed E-state index contributed by atoms with van der Waals surface area (Å²) in [7, 11) is 0. The summed E-state index contributed by atoms with van der Waals surface area (Å²) in [5, 5.41) is 14.9. The number of aromatic hydroxyl groups is 1. The van der Waals surface area contributed by atoms with Crippen molar-refractivity contribution in [1.82, 2.24) is 29.6 Å². The second-order valence-electron chi connectivity index (χ2n) is 18.2. The highest BCUT2D eigenvalue weighted by molar-refractivity contribution is 6.00. The van der Waals surface area contributed by atoms with Crippen LogP contribution in [0.4, 0.5) is 43.9 Å². The quantitative estimate of drug-likeness (QED) is 0.0816. The van der Waals surface area contributed by atoms with Gasteiger partial charge in [-0.05, 0) is 32.3 Å². The van der Waals surface area contributed by atoms with Crippen molar-refractivity contribution < 1.29 is 82.4 Å². The topological polar surface area (TPSA) is 191 Å². The summed E-state index contributed by atoms with van der Waals surface area (Å²) in [5.74, 6) is -12.5. The molecule has 5 aromatic rings. The van der Waals surface area contributed by atoms with Crippen molar-refractivity contribution >= 4 is 23.6 Å². The van der Waals surface area contributed by atoms with Gasteiger partial charge < -0.3 is 48.9 Å². The molecule has 4 bridgehead atoms. The van der Waals surface area contributed by atoms with Crippen LogP contribution < -0.4 is 26.2 Å². The number of halogens is 10. The monoisotopic (exact) mass is 1090 g/mol. The van der Waals surface area contributed by atoms with E-state index < -0.39 is 165 Å². The molecule has 0 radical (unpaired) electrons. The molecule has 6 atom stereocenters. The van der Waals surface area contributed by atoms with Gasteiger partial charge in [0.05, 0.1) is 18.2 Å². The third-order valence-corrected chi connectivity index (χ3v) is 13.4. The number of ether oxygens (including phenoxy) is 3. The minimum absolute atomic E-state index is 0.0697. The van der Waals surface area contributed by atoms with Gasteiger partial charge in [0, 0.05) is 86.0 Å². The maximum Gasteiger partial charge on any atom is 0.345 e. The Kier molecular flexibility index (Phi) is 16.3. The van der Waals surface area contributed by atoms with E-state index in [4.69, 9.17) is 14.2 Å². The molecule has 1 saturated heterocycles. The molecule has 0 aliphatic carbocycles. The van der Waals surface area contributed by atoms with E-state index in [1.165, 1.54) is 26.5 Å². The lowest BCUT2D eigenvalue weighted by Crippen LogP contribution is -2.50. The lowest BCUT2D eigenvalue weighted by atomic mass is 10.0. The van der Waals surface area contributed by atoms with Crippen LogP contribution >= 0.6 is 0 Å². The van der Waals surface area contributed by atoms with Crippen LogP contribution in [0.3, 0.4) is 0 Å². The van der Waals surface area contributed by atoms with E-state index in [1.807, 2.05) is 0 Å². The first-order valence-corrected chi connectivity index (χ1v) is 23.5. The molecule has 77 heavy (non-hydrogen) atoms. The Bertz CT molecular complexity index is 3240. The van der Waals surface area contributed by atoms with E-state index in [2.05, 4.69) is 10.6 Å². The van der Waals surface area contributed by atoms with Gasteiger partial charge >= 0.3 is 13.2 Å². The molecule has 3 N–H and O–H groups in total. The van der Waals surface area contributed by atoms with Gasteiger partial charge in [0.1, 0.15) is 58.7 Å². The van der Waals surface area contributed by atoms with Crippen LogP contribution in [0.1, 0.15) is 97.2 Å². The SMILES string of the molecule is C[C@H]1C=C[C@H](OC(F)F)[C@H]2CN1C(=O)c1c(OCc3ccccc3)c(=O)c(C(=O)NCc3c(F)cc(F)cc3F)cn12.C[C@H]1CC[C@H](OC(F)F)[C@H]2CN1C(=O)c1c(O)c(=O)c(C(=O)NCc3c(F)cc(F)cc3F)cn12. The molecule has 4 amide bonds. The number of hydrogen-bond acceptors (Lipinski definition) is 10. The van der Waals surface area contributed by atoms with Crippen LogP contribution in [0.5, 0.6) is 11.5 Å². The van der Waals surface area contributed by atoms with Gasteiger partial charge in [-0.25, -0.2) is 26.3 Å². The van der Waals surface area contributed by atoms with Gasteiger partial charge in [-0.1, -0.05) is 42.5 Å². The Hall–Kier alpha value is -8.00. The highest BCUT2D eigenvalue weighted by Crippen LogP contribution is 2.38. The Morgan fingerprint density at radius 3 is 1.71 bits per heavy atom. The maximum atomic E-state index is 14.2. The first-order chi connectivity index (χ1) is 36.5. The normalized spacial score (nSPS) is 20.4. The number of rotatable bonds is 13. The summed E-state index contributed by atoms with van der Waals surface area (Å²) in [5.41, 5.74) is -4.95. The van der Waals surface area contributed by atoms with Crippen molar-refractivity contribution in [2.45, 2.75) is 96.0 Å². The minimum Gasteiger partial charge on any atom is -0.503 e. The highest BCUT2D eigenvalue weighted by Gasteiger charge is 2.45. The predicted octanol–water partition coefficient (Wildman–Crippen LogP) is 7.03. The third-order valence-electron chi connectivity index (χ3n) is 13.4. The molecule has 9 rings (SSSR count). The molecule has 6 heterocycles. The number of benzene rings is 3. The molecular formula is C51H44F10N6O10. The van der Waals surface area contributed by atoms with E-state index in [9.17, 15) is 77.8 Å². The van der Waals surface area contributed by atoms with Crippen LogP contribution in [0.2, 0.25) is 0 Å². The summed E-state index contributed by atoms with van der Waals surface area (Å²) >= 11 is 0. The van der Waals surface area contributed by atoms with E-state index >= 15 is 0 Å². The molecule has 408 valence electrons. The average molecular weight is 1090 g/mol. The first kappa shape index (κ1) is 55.2. The van der Waals surface area contributed by atoms with Crippen LogP contribution in [0.15, 0.2) is 88.7 Å². The Morgan fingerprint density at radius 1 is 0.662 bits per heavy atom. The minimum atomic E-state index is -3.17. The number of hydrogen-bond donors (Lipinski definition) is 3. The number of nitrogens with one attached hydrogen (secondary N) is 2. The third kappa shape index (κ3) is 11.4. The zero-order chi connectivity index (χ0) is 55.7. The zero-order valence-electron chi connectivity index (χ0n) is 40.3. The molecule has 3 aromatic carbocycles. The van der Waals surface area contributed by atoms with E-state index in [-0.39, 0.29) is 37.9 Å². The second-order valence-corrected chi connectivity index (χ2v) is 18.2.